The highest BCUT2D eigenvalue weighted by Crippen LogP contribution is 2.42. The molecular weight excluding hydrogens is 522 g/mol. The predicted molar refractivity (Wildman–Crippen MR) is 161 cm³/mol. The third-order valence-electron chi connectivity index (χ3n) is 6.98. The second-order valence-electron chi connectivity index (χ2n) is 10.9. The highest BCUT2D eigenvalue weighted by atomic mass is 16.5. The molecule has 41 heavy (non-hydrogen) atoms. The summed E-state index contributed by atoms with van der Waals surface area (Å²) in [7, 11) is 1.58. The van der Waals surface area contributed by atoms with E-state index in [1.165, 1.54) is 17.0 Å². The van der Waals surface area contributed by atoms with Gasteiger partial charge in [0.25, 0.3) is 5.56 Å². The number of pyridine rings is 1. The molecule has 0 radical (unpaired) electrons. The molecule has 2 aromatic carbocycles. The van der Waals surface area contributed by atoms with Gasteiger partial charge >= 0.3 is 5.97 Å². The van der Waals surface area contributed by atoms with Crippen LogP contribution in [0.15, 0.2) is 64.7 Å². The molecule has 0 amide bonds. The number of aliphatic carboxylic acids is 1. The summed E-state index contributed by atoms with van der Waals surface area (Å²) in [5.41, 5.74) is 8.92. The molecule has 4 rings (SSSR count). The predicted octanol–water partition coefficient (Wildman–Crippen LogP) is 5.22. The van der Waals surface area contributed by atoms with Gasteiger partial charge < -0.3 is 29.6 Å². The Morgan fingerprint density at radius 3 is 2.68 bits per heavy atom. The monoisotopic (exact) mass is 559 g/mol. The molecular formula is C32H37N3O6. The fraction of sp³-hybridized carbons (Fsp3) is 0.344. The van der Waals surface area contributed by atoms with E-state index < -0.39 is 17.7 Å². The van der Waals surface area contributed by atoms with Gasteiger partial charge in [-0.15, -0.1) is 0 Å². The number of fused-ring (bicyclic) bond motifs is 2. The maximum atomic E-state index is 13.8. The Labute approximate surface area is 239 Å². The molecule has 0 aliphatic carbocycles. The maximum absolute atomic E-state index is 13.8. The lowest BCUT2D eigenvalue weighted by Crippen LogP contribution is -2.33. The number of hydrogen-bond donors (Lipinski definition) is 2. The van der Waals surface area contributed by atoms with Crippen molar-refractivity contribution in [1.29, 1.82) is 0 Å². The summed E-state index contributed by atoms with van der Waals surface area (Å²) in [4.78, 5) is 30.4. The lowest BCUT2D eigenvalue weighted by molar-refractivity contribution is -0.161. The van der Waals surface area contributed by atoms with E-state index in [4.69, 9.17) is 19.9 Å². The molecule has 9 heteroatoms. The number of carbonyl (C=O) groups is 1. The van der Waals surface area contributed by atoms with Crippen molar-refractivity contribution in [3.63, 3.8) is 0 Å². The number of carboxylic acids is 1. The van der Waals surface area contributed by atoms with E-state index in [2.05, 4.69) is 11.6 Å². The van der Waals surface area contributed by atoms with Crippen LogP contribution in [-0.4, -0.2) is 40.7 Å². The Balaban J connectivity index is 1.99. The third kappa shape index (κ3) is 6.20. The van der Waals surface area contributed by atoms with Crippen LogP contribution in [0.4, 0.5) is 0 Å². The van der Waals surface area contributed by atoms with Crippen LogP contribution >= 0.6 is 0 Å². The van der Waals surface area contributed by atoms with Crippen molar-refractivity contribution >= 4 is 23.0 Å². The van der Waals surface area contributed by atoms with Crippen molar-refractivity contribution in [2.24, 2.45) is 17.8 Å². The van der Waals surface area contributed by atoms with Gasteiger partial charge in [0.1, 0.15) is 18.1 Å². The summed E-state index contributed by atoms with van der Waals surface area (Å²) in [6.07, 6.45) is 4.67. The number of aromatic nitrogens is 1. The van der Waals surface area contributed by atoms with Crippen LogP contribution < -0.4 is 20.8 Å². The summed E-state index contributed by atoms with van der Waals surface area (Å²) < 4.78 is 19.3. The Morgan fingerprint density at radius 2 is 2.02 bits per heavy atom. The molecule has 216 valence electrons. The largest absolute Gasteiger partial charge is 0.493 e. The number of aliphatic imine (C=N–C) groups is 1. The molecule has 0 spiro atoms. The number of ether oxygens (including phenoxy) is 3. The first-order valence-electron chi connectivity index (χ1n) is 13.5. The zero-order chi connectivity index (χ0) is 29.9. The first-order valence-corrected chi connectivity index (χ1v) is 13.5. The van der Waals surface area contributed by atoms with Crippen LogP contribution in [0.3, 0.4) is 0 Å². The molecule has 0 saturated carbocycles. The summed E-state index contributed by atoms with van der Waals surface area (Å²) in [5.74, 6) is 0.0981. The Kier molecular flexibility index (Phi) is 8.68. The fourth-order valence-corrected chi connectivity index (χ4v) is 5.09. The first-order chi connectivity index (χ1) is 19.5. The van der Waals surface area contributed by atoms with Gasteiger partial charge in [-0.2, -0.15) is 0 Å². The molecule has 1 unspecified atom stereocenters. The topological polar surface area (TPSA) is 125 Å². The normalized spacial score (nSPS) is 14.5. The molecule has 1 atom stereocenters. The van der Waals surface area contributed by atoms with Crippen molar-refractivity contribution in [3.05, 3.63) is 82.1 Å². The van der Waals surface area contributed by atoms with E-state index in [1.54, 1.807) is 52.2 Å². The van der Waals surface area contributed by atoms with Crippen LogP contribution in [0.5, 0.6) is 11.5 Å². The SMILES string of the molecule is C=C/N=C\C(=C/N)COc1ccc2c(-c3ccc4c(c3C)CCCO4)c(C(OC(C)(C)C)C(=O)O)n(C)c(=O)c2c1. The van der Waals surface area contributed by atoms with Crippen LogP contribution in [0.2, 0.25) is 0 Å². The highest BCUT2D eigenvalue weighted by Gasteiger charge is 2.34. The lowest BCUT2D eigenvalue weighted by Gasteiger charge is -2.29. The molecule has 1 aliphatic rings. The van der Waals surface area contributed by atoms with Crippen LogP contribution in [0, 0.1) is 6.92 Å². The van der Waals surface area contributed by atoms with Crippen LogP contribution in [0.25, 0.3) is 21.9 Å². The molecule has 0 saturated heterocycles. The summed E-state index contributed by atoms with van der Waals surface area (Å²) in [6.45, 7) is 11.7. The summed E-state index contributed by atoms with van der Waals surface area (Å²) in [6, 6.07) is 9.06. The lowest BCUT2D eigenvalue weighted by atomic mass is 9.88. The highest BCUT2D eigenvalue weighted by molar-refractivity contribution is 6.00. The average Bonchev–Trinajstić information content (AvgIpc) is 2.94. The molecule has 3 N–H and O–H groups in total. The molecule has 0 bridgehead atoms. The molecule has 1 aromatic heterocycles. The number of benzene rings is 2. The zero-order valence-corrected chi connectivity index (χ0v) is 24.2. The van der Waals surface area contributed by atoms with Gasteiger partial charge in [0.2, 0.25) is 0 Å². The van der Waals surface area contributed by atoms with E-state index in [1.807, 2.05) is 19.1 Å². The van der Waals surface area contributed by atoms with Gasteiger partial charge in [-0.25, -0.2) is 4.79 Å². The second-order valence-corrected chi connectivity index (χ2v) is 10.9. The Hall–Kier alpha value is -4.37. The van der Waals surface area contributed by atoms with Gasteiger partial charge in [-0.1, -0.05) is 12.6 Å². The number of hydrogen-bond acceptors (Lipinski definition) is 7. The molecule has 2 heterocycles. The molecule has 1 aliphatic heterocycles. The van der Waals surface area contributed by atoms with Crippen LogP contribution in [0.1, 0.15) is 50.1 Å². The Morgan fingerprint density at radius 1 is 1.27 bits per heavy atom. The quantitative estimate of drug-likeness (QED) is 0.345. The van der Waals surface area contributed by atoms with E-state index >= 15 is 0 Å². The molecule has 0 fully saturated rings. The van der Waals surface area contributed by atoms with E-state index in [9.17, 15) is 14.7 Å². The van der Waals surface area contributed by atoms with E-state index in [-0.39, 0.29) is 17.9 Å². The van der Waals surface area contributed by atoms with Gasteiger partial charge in [0.15, 0.2) is 6.10 Å². The minimum absolute atomic E-state index is 0.134. The average molecular weight is 560 g/mol. The van der Waals surface area contributed by atoms with Crippen molar-refractivity contribution in [1.82, 2.24) is 4.57 Å². The Bertz CT molecular complexity index is 1610. The number of nitrogens with two attached hydrogens (primary N) is 1. The first kappa shape index (κ1) is 29.6. The minimum atomic E-state index is -1.39. The summed E-state index contributed by atoms with van der Waals surface area (Å²) in [5, 5.41) is 11.3. The van der Waals surface area contributed by atoms with Gasteiger partial charge in [-0.05, 0) is 86.9 Å². The fourth-order valence-electron chi connectivity index (χ4n) is 5.09. The molecule has 9 nitrogen and oxygen atoms in total. The summed E-state index contributed by atoms with van der Waals surface area (Å²) >= 11 is 0. The standard InChI is InChI=1S/C32H37N3O6/c1-7-34-17-20(16-33)18-40-21-10-11-24-25(15-21)30(36)35(6)28(29(31(37)38)41-32(3,4)5)27(24)23-12-13-26-22(19(23)2)9-8-14-39-26/h7,10-13,15-17,29H,1,8-9,14,18,33H2,2-6H3,(H,37,38)/b20-16+,34-17-. The maximum Gasteiger partial charge on any atom is 0.339 e. The number of rotatable bonds is 9. The smallest absolute Gasteiger partial charge is 0.339 e. The number of carboxylic acid groups (broad SMARTS) is 1. The van der Waals surface area contributed by atoms with Crippen molar-refractivity contribution in [2.75, 3.05) is 13.2 Å². The number of nitrogens with zero attached hydrogens (tertiary/aromatic N) is 2. The minimum Gasteiger partial charge on any atom is -0.493 e. The van der Waals surface area contributed by atoms with Gasteiger partial charge in [0, 0.05) is 36.8 Å². The van der Waals surface area contributed by atoms with Gasteiger partial charge in [0.05, 0.1) is 23.3 Å². The second kappa shape index (κ2) is 12.0. The molecule has 3 aromatic rings. The van der Waals surface area contributed by atoms with Crippen molar-refractivity contribution < 1.29 is 24.1 Å². The van der Waals surface area contributed by atoms with Crippen molar-refractivity contribution in [3.8, 4) is 22.6 Å². The van der Waals surface area contributed by atoms with Crippen molar-refractivity contribution in [2.45, 2.75) is 52.2 Å². The van der Waals surface area contributed by atoms with E-state index in [0.717, 1.165) is 35.3 Å². The van der Waals surface area contributed by atoms with Crippen LogP contribution in [-0.2, 0) is 23.0 Å². The van der Waals surface area contributed by atoms with Gasteiger partial charge in [-0.3, -0.25) is 9.79 Å². The zero-order valence-electron chi connectivity index (χ0n) is 24.2. The third-order valence-corrected chi connectivity index (χ3v) is 6.98. The van der Waals surface area contributed by atoms with E-state index in [0.29, 0.717) is 34.3 Å².